The van der Waals surface area contributed by atoms with Gasteiger partial charge in [-0.3, -0.25) is 9.36 Å². The summed E-state index contributed by atoms with van der Waals surface area (Å²) in [7, 11) is 1.63. The summed E-state index contributed by atoms with van der Waals surface area (Å²) in [6.07, 6.45) is 8.11. The summed E-state index contributed by atoms with van der Waals surface area (Å²) in [5.41, 5.74) is 3.06. The third-order valence-electron chi connectivity index (χ3n) is 5.98. The molecular weight excluding hydrogens is 380 g/mol. The van der Waals surface area contributed by atoms with Gasteiger partial charge in [0, 0.05) is 51.4 Å². The third-order valence-corrected chi connectivity index (χ3v) is 5.98. The smallest absolute Gasteiger partial charge is 0.261 e. The summed E-state index contributed by atoms with van der Waals surface area (Å²) in [4.78, 5) is 30.8. The molecule has 0 atom stereocenters. The van der Waals surface area contributed by atoms with Crippen molar-refractivity contribution < 1.29 is 4.74 Å². The van der Waals surface area contributed by atoms with E-state index in [1.54, 1.807) is 18.0 Å². The Hall–Kier alpha value is -3.00. The van der Waals surface area contributed by atoms with E-state index in [0.717, 1.165) is 43.3 Å². The third kappa shape index (κ3) is 3.75. The van der Waals surface area contributed by atoms with E-state index >= 15 is 0 Å². The molecule has 2 aromatic heterocycles. The van der Waals surface area contributed by atoms with Crippen molar-refractivity contribution in [3.63, 3.8) is 0 Å². The number of hydrogen-bond acceptors (Lipinski definition) is 7. The summed E-state index contributed by atoms with van der Waals surface area (Å²) in [5, 5.41) is 0.639. The molecule has 8 nitrogen and oxygen atoms in total. The van der Waals surface area contributed by atoms with Gasteiger partial charge in [0.25, 0.3) is 5.56 Å². The van der Waals surface area contributed by atoms with Gasteiger partial charge in [0.05, 0.1) is 30.4 Å². The lowest BCUT2D eigenvalue weighted by molar-refractivity contribution is 0.186. The van der Waals surface area contributed by atoms with Gasteiger partial charge in [-0.2, -0.15) is 0 Å². The summed E-state index contributed by atoms with van der Waals surface area (Å²) in [6, 6.07) is 5.91. The van der Waals surface area contributed by atoms with Crippen LogP contribution in [0.2, 0.25) is 0 Å². The lowest BCUT2D eigenvalue weighted by Crippen LogP contribution is -2.47. The number of fused-ring (bicyclic) bond motifs is 1. The molecule has 0 amide bonds. The molecule has 5 rings (SSSR count). The summed E-state index contributed by atoms with van der Waals surface area (Å²) in [6.45, 7) is 4.49. The van der Waals surface area contributed by atoms with Crippen molar-refractivity contribution in [2.45, 2.75) is 25.3 Å². The topological polar surface area (TPSA) is 76.4 Å². The lowest BCUT2D eigenvalue weighted by Gasteiger charge is -2.36. The van der Waals surface area contributed by atoms with Crippen LogP contribution in [0.4, 0.5) is 11.6 Å². The number of methoxy groups -OCH3 is 1. The van der Waals surface area contributed by atoms with Crippen molar-refractivity contribution in [1.29, 1.82) is 0 Å². The van der Waals surface area contributed by atoms with E-state index in [0.29, 0.717) is 24.5 Å². The first-order chi connectivity index (χ1) is 14.7. The normalized spacial score (nSPS) is 17.0. The first-order valence-corrected chi connectivity index (χ1v) is 10.5. The monoisotopic (exact) mass is 406 g/mol. The molecule has 156 valence electrons. The molecule has 2 aliphatic rings. The zero-order valence-corrected chi connectivity index (χ0v) is 17.2. The SMILES string of the molecule is COCCn1cnc2cc(N3CCN(c4ncc(C5CC5)cn4)CC3)ccc2c1=O. The van der Waals surface area contributed by atoms with Crippen LogP contribution in [0, 0.1) is 0 Å². The van der Waals surface area contributed by atoms with Crippen LogP contribution < -0.4 is 15.4 Å². The number of hydrogen-bond donors (Lipinski definition) is 0. The van der Waals surface area contributed by atoms with Gasteiger partial charge in [-0.25, -0.2) is 15.0 Å². The lowest BCUT2D eigenvalue weighted by atomic mass is 10.2. The van der Waals surface area contributed by atoms with Gasteiger partial charge in [-0.1, -0.05) is 0 Å². The maximum Gasteiger partial charge on any atom is 0.261 e. The molecule has 1 saturated carbocycles. The molecule has 1 aliphatic heterocycles. The molecule has 3 aromatic rings. The number of aromatic nitrogens is 4. The Kier molecular flexibility index (Phi) is 5.08. The van der Waals surface area contributed by atoms with Crippen molar-refractivity contribution >= 4 is 22.5 Å². The number of rotatable bonds is 6. The quantitative estimate of drug-likeness (QED) is 0.620. The number of benzene rings is 1. The van der Waals surface area contributed by atoms with Gasteiger partial charge < -0.3 is 14.5 Å². The molecule has 0 bridgehead atoms. The van der Waals surface area contributed by atoms with E-state index in [1.807, 2.05) is 30.6 Å². The molecule has 2 fully saturated rings. The summed E-state index contributed by atoms with van der Waals surface area (Å²) >= 11 is 0. The van der Waals surface area contributed by atoms with E-state index in [1.165, 1.54) is 18.4 Å². The van der Waals surface area contributed by atoms with E-state index in [9.17, 15) is 4.79 Å². The maximum absolute atomic E-state index is 12.6. The highest BCUT2D eigenvalue weighted by Gasteiger charge is 2.25. The van der Waals surface area contributed by atoms with E-state index in [2.05, 4.69) is 24.8 Å². The van der Waals surface area contributed by atoms with Gasteiger partial charge in [0.2, 0.25) is 5.95 Å². The number of nitrogens with zero attached hydrogens (tertiary/aromatic N) is 6. The van der Waals surface area contributed by atoms with Crippen molar-refractivity contribution in [3.8, 4) is 0 Å². The summed E-state index contributed by atoms with van der Waals surface area (Å²) < 4.78 is 6.66. The number of piperazine rings is 1. The Morgan fingerprint density at radius 1 is 1.03 bits per heavy atom. The predicted molar refractivity (Wildman–Crippen MR) is 116 cm³/mol. The Labute approximate surface area is 175 Å². The van der Waals surface area contributed by atoms with Crippen LogP contribution in [0.25, 0.3) is 10.9 Å². The van der Waals surface area contributed by atoms with E-state index < -0.39 is 0 Å². The minimum absolute atomic E-state index is 0.0276. The molecular formula is C22H26N6O2. The minimum Gasteiger partial charge on any atom is -0.383 e. The maximum atomic E-state index is 12.6. The Bertz CT molecular complexity index is 1080. The molecule has 8 heteroatoms. The first-order valence-electron chi connectivity index (χ1n) is 10.5. The van der Waals surface area contributed by atoms with Gasteiger partial charge >= 0.3 is 0 Å². The standard InChI is InChI=1S/C22H26N6O2/c1-30-11-10-28-15-25-20-12-18(4-5-19(20)21(28)29)26-6-8-27(9-7-26)22-23-13-17(14-24-22)16-2-3-16/h4-5,12-16H,2-3,6-11H2,1H3. The molecule has 1 saturated heterocycles. The predicted octanol–water partition coefficient (Wildman–Crippen LogP) is 2.04. The van der Waals surface area contributed by atoms with Crippen LogP contribution in [0.3, 0.4) is 0 Å². The Morgan fingerprint density at radius 2 is 1.77 bits per heavy atom. The van der Waals surface area contributed by atoms with Gasteiger partial charge in [0.15, 0.2) is 0 Å². The van der Waals surface area contributed by atoms with Crippen LogP contribution in [-0.2, 0) is 11.3 Å². The van der Waals surface area contributed by atoms with Crippen molar-refractivity contribution in [2.75, 3.05) is 49.7 Å². The fraction of sp³-hybridized carbons (Fsp3) is 0.455. The highest BCUT2D eigenvalue weighted by atomic mass is 16.5. The van der Waals surface area contributed by atoms with Crippen LogP contribution in [-0.4, -0.2) is 59.4 Å². The fourth-order valence-electron chi connectivity index (χ4n) is 3.98. The zero-order chi connectivity index (χ0) is 20.5. The summed E-state index contributed by atoms with van der Waals surface area (Å²) in [5.74, 6) is 1.50. The second kappa shape index (κ2) is 8.02. The largest absolute Gasteiger partial charge is 0.383 e. The first kappa shape index (κ1) is 19.0. The van der Waals surface area contributed by atoms with E-state index in [4.69, 9.17) is 4.74 Å². The molecule has 0 N–H and O–H groups in total. The number of ether oxygens (including phenoxy) is 1. The Balaban J connectivity index is 1.27. The van der Waals surface area contributed by atoms with Crippen LogP contribution in [0.15, 0.2) is 41.7 Å². The average Bonchev–Trinajstić information content (AvgIpc) is 3.64. The van der Waals surface area contributed by atoms with Crippen LogP contribution in [0.1, 0.15) is 24.3 Å². The molecule has 30 heavy (non-hydrogen) atoms. The van der Waals surface area contributed by atoms with Gasteiger partial charge in [-0.15, -0.1) is 0 Å². The zero-order valence-electron chi connectivity index (χ0n) is 17.2. The molecule has 0 spiro atoms. The van der Waals surface area contributed by atoms with Crippen molar-refractivity contribution in [3.05, 3.63) is 52.8 Å². The van der Waals surface area contributed by atoms with Crippen LogP contribution in [0.5, 0.6) is 0 Å². The molecule has 1 aromatic carbocycles. The van der Waals surface area contributed by atoms with Crippen molar-refractivity contribution in [1.82, 2.24) is 19.5 Å². The van der Waals surface area contributed by atoms with Gasteiger partial charge in [-0.05, 0) is 42.5 Å². The Morgan fingerprint density at radius 3 is 2.47 bits per heavy atom. The second-order valence-corrected chi connectivity index (χ2v) is 8.00. The molecule has 0 radical (unpaired) electrons. The van der Waals surface area contributed by atoms with Crippen LogP contribution >= 0.6 is 0 Å². The van der Waals surface area contributed by atoms with Gasteiger partial charge in [0.1, 0.15) is 0 Å². The fourth-order valence-corrected chi connectivity index (χ4v) is 3.98. The average molecular weight is 406 g/mol. The molecule has 0 unspecified atom stereocenters. The van der Waals surface area contributed by atoms with E-state index in [-0.39, 0.29) is 5.56 Å². The molecule has 3 heterocycles. The molecule has 1 aliphatic carbocycles. The van der Waals surface area contributed by atoms with Crippen molar-refractivity contribution in [2.24, 2.45) is 0 Å². The highest BCUT2D eigenvalue weighted by molar-refractivity contribution is 5.81. The number of anilines is 2. The highest BCUT2D eigenvalue weighted by Crippen LogP contribution is 2.39. The second-order valence-electron chi connectivity index (χ2n) is 8.00. The minimum atomic E-state index is -0.0276.